The maximum Gasteiger partial charge on any atom is 0.338 e. The molecule has 2 saturated carbocycles. The van der Waals surface area contributed by atoms with Crippen LogP contribution in [0.4, 0.5) is 0 Å². The van der Waals surface area contributed by atoms with Crippen molar-refractivity contribution in [3.8, 4) is 0 Å². The largest absolute Gasteiger partial charge is 0.458 e. The molecule has 2 aliphatic rings. The molecule has 0 aromatic heterocycles. The highest BCUT2D eigenvalue weighted by molar-refractivity contribution is 5.89. The molecule has 27 heavy (non-hydrogen) atoms. The van der Waals surface area contributed by atoms with Crippen LogP contribution in [-0.2, 0) is 4.74 Å². The van der Waals surface area contributed by atoms with Crippen LogP contribution in [0.2, 0.25) is 0 Å². The van der Waals surface area contributed by atoms with Gasteiger partial charge in [0.05, 0.1) is 5.56 Å². The Balaban J connectivity index is 1.84. The van der Waals surface area contributed by atoms with E-state index < -0.39 is 0 Å². The number of ether oxygens (including phenoxy) is 1. The molecular weight excluding hydrogens is 334 g/mol. The molecule has 2 fully saturated rings. The van der Waals surface area contributed by atoms with E-state index in [4.69, 9.17) is 4.74 Å². The maximum absolute atomic E-state index is 12.9. The van der Waals surface area contributed by atoms with Gasteiger partial charge in [0.25, 0.3) is 0 Å². The SMILES string of the molecule is CCCN(CCC)CC1C2CCC(C)(C1OC(=O)c1ccccc1)C2(C)C. The third-order valence-electron chi connectivity index (χ3n) is 7.70. The molecule has 0 amide bonds. The van der Waals surface area contributed by atoms with E-state index in [1.165, 1.54) is 19.3 Å². The maximum atomic E-state index is 12.9. The molecule has 3 heteroatoms. The highest BCUT2D eigenvalue weighted by Crippen LogP contribution is 2.68. The summed E-state index contributed by atoms with van der Waals surface area (Å²) in [5.74, 6) is 0.907. The molecule has 0 heterocycles. The molecular formula is C24H37NO2. The Morgan fingerprint density at radius 3 is 2.33 bits per heavy atom. The predicted octanol–water partition coefficient (Wildman–Crippen LogP) is 5.41. The van der Waals surface area contributed by atoms with Gasteiger partial charge in [-0.3, -0.25) is 0 Å². The van der Waals surface area contributed by atoms with Crippen molar-refractivity contribution in [2.24, 2.45) is 22.7 Å². The second-order valence-electron chi connectivity index (χ2n) is 9.44. The highest BCUT2D eigenvalue weighted by atomic mass is 16.5. The first-order valence-corrected chi connectivity index (χ1v) is 10.8. The average Bonchev–Trinajstić information content (AvgIpc) is 2.96. The topological polar surface area (TPSA) is 29.5 Å². The zero-order valence-corrected chi connectivity index (χ0v) is 17.8. The lowest BCUT2D eigenvalue weighted by Crippen LogP contribution is -2.45. The van der Waals surface area contributed by atoms with Crippen LogP contribution in [0, 0.1) is 22.7 Å². The molecule has 0 saturated heterocycles. The van der Waals surface area contributed by atoms with Crippen LogP contribution in [-0.4, -0.2) is 36.6 Å². The molecule has 0 aliphatic heterocycles. The van der Waals surface area contributed by atoms with Crippen LogP contribution < -0.4 is 0 Å². The number of hydrogen-bond donors (Lipinski definition) is 0. The number of carbonyl (C=O) groups is 1. The lowest BCUT2D eigenvalue weighted by Gasteiger charge is -2.40. The van der Waals surface area contributed by atoms with Crippen LogP contribution in [0.1, 0.15) is 70.7 Å². The Labute approximate surface area is 165 Å². The molecule has 0 N–H and O–H groups in total. The second-order valence-corrected chi connectivity index (χ2v) is 9.44. The summed E-state index contributed by atoms with van der Waals surface area (Å²) in [6.07, 6.45) is 4.78. The summed E-state index contributed by atoms with van der Waals surface area (Å²) >= 11 is 0. The van der Waals surface area contributed by atoms with Crippen LogP contribution in [0.5, 0.6) is 0 Å². The Morgan fingerprint density at radius 1 is 1.11 bits per heavy atom. The predicted molar refractivity (Wildman–Crippen MR) is 111 cm³/mol. The van der Waals surface area contributed by atoms with Crippen LogP contribution in [0.15, 0.2) is 30.3 Å². The van der Waals surface area contributed by atoms with Crippen LogP contribution in [0.3, 0.4) is 0 Å². The van der Waals surface area contributed by atoms with Gasteiger partial charge in [0.1, 0.15) is 6.10 Å². The van der Waals surface area contributed by atoms with E-state index in [2.05, 4.69) is 39.5 Å². The van der Waals surface area contributed by atoms with Gasteiger partial charge in [0.15, 0.2) is 0 Å². The Bertz CT molecular complexity index is 635. The first-order valence-electron chi connectivity index (χ1n) is 10.8. The fourth-order valence-corrected chi connectivity index (χ4v) is 5.93. The lowest BCUT2D eigenvalue weighted by atomic mass is 9.70. The van der Waals surface area contributed by atoms with E-state index in [0.717, 1.165) is 26.1 Å². The molecule has 0 spiro atoms. The van der Waals surface area contributed by atoms with Crippen molar-refractivity contribution in [3.63, 3.8) is 0 Å². The number of nitrogens with zero attached hydrogens (tertiary/aromatic N) is 1. The molecule has 150 valence electrons. The van der Waals surface area contributed by atoms with Gasteiger partial charge in [-0.05, 0) is 62.2 Å². The van der Waals surface area contributed by atoms with E-state index in [9.17, 15) is 4.79 Å². The van der Waals surface area contributed by atoms with Crippen molar-refractivity contribution < 1.29 is 9.53 Å². The number of fused-ring (bicyclic) bond motifs is 2. The minimum atomic E-state index is -0.160. The van der Waals surface area contributed by atoms with E-state index in [-0.39, 0.29) is 22.9 Å². The minimum Gasteiger partial charge on any atom is -0.458 e. The molecule has 1 aromatic rings. The Kier molecular flexibility index (Phi) is 6.00. The summed E-state index contributed by atoms with van der Waals surface area (Å²) in [5, 5.41) is 0. The Morgan fingerprint density at radius 2 is 1.74 bits per heavy atom. The minimum absolute atomic E-state index is 0.00942. The molecule has 2 aliphatic carbocycles. The summed E-state index contributed by atoms with van der Waals surface area (Å²) < 4.78 is 6.27. The fourth-order valence-electron chi connectivity index (χ4n) is 5.93. The summed E-state index contributed by atoms with van der Waals surface area (Å²) in [7, 11) is 0. The van der Waals surface area contributed by atoms with Crippen molar-refractivity contribution in [1.29, 1.82) is 0 Å². The van der Waals surface area contributed by atoms with Crippen LogP contribution >= 0.6 is 0 Å². The zero-order chi connectivity index (χ0) is 19.7. The molecule has 3 rings (SSSR count). The number of carbonyl (C=O) groups excluding carboxylic acids is 1. The molecule has 4 unspecified atom stereocenters. The molecule has 1 aromatic carbocycles. The third kappa shape index (κ3) is 3.55. The van der Waals surface area contributed by atoms with Gasteiger partial charge < -0.3 is 9.64 Å². The summed E-state index contributed by atoms with van der Waals surface area (Å²) in [4.78, 5) is 15.5. The quantitative estimate of drug-likeness (QED) is 0.573. The lowest BCUT2D eigenvalue weighted by molar-refractivity contribution is -0.0460. The van der Waals surface area contributed by atoms with E-state index in [1.807, 2.05) is 30.3 Å². The van der Waals surface area contributed by atoms with E-state index in [0.29, 0.717) is 17.4 Å². The van der Waals surface area contributed by atoms with Gasteiger partial charge >= 0.3 is 5.97 Å². The summed E-state index contributed by atoms with van der Waals surface area (Å²) in [6, 6.07) is 9.47. The van der Waals surface area contributed by atoms with Crippen molar-refractivity contribution in [2.75, 3.05) is 19.6 Å². The number of rotatable bonds is 8. The van der Waals surface area contributed by atoms with Gasteiger partial charge in [0, 0.05) is 17.9 Å². The van der Waals surface area contributed by atoms with Crippen molar-refractivity contribution >= 4 is 5.97 Å². The van der Waals surface area contributed by atoms with Gasteiger partial charge in [-0.15, -0.1) is 0 Å². The summed E-state index contributed by atoms with van der Waals surface area (Å²) in [5.41, 5.74) is 0.944. The average molecular weight is 372 g/mol. The first kappa shape index (κ1) is 20.4. The number of esters is 1. The number of hydrogen-bond acceptors (Lipinski definition) is 3. The van der Waals surface area contributed by atoms with Gasteiger partial charge in [-0.1, -0.05) is 52.8 Å². The summed E-state index contributed by atoms with van der Waals surface area (Å²) in [6.45, 7) is 15.0. The normalized spacial score (nSPS) is 31.4. The third-order valence-corrected chi connectivity index (χ3v) is 7.70. The van der Waals surface area contributed by atoms with E-state index in [1.54, 1.807) is 0 Å². The smallest absolute Gasteiger partial charge is 0.338 e. The van der Waals surface area contributed by atoms with Crippen molar-refractivity contribution in [2.45, 2.75) is 66.4 Å². The monoisotopic (exact) mass is 371 g/mol. The van der Waals surface area contributed by atoms with Gasteiger partial charge in [0.2, 0.25) is 0 Å². The van der Waals surface area contributed by atoms with Gasteiger partial charge in [-0.2, -0.15) is 0 Å². The number of benzene rings is 1. The van der Waals surface area contributed by atoms with Gasteiger partial charge in [-0.25, -0.2) is 4.79 Å². The van der Waals surface area contributed by atoms with E-state index >= 15 is 0 Å². The molecule has 3 nitrogen and oxygen atoms in total. The van der Waals surface area contributed by atoms with Crippen molar-refractivity contribution in [3.05, 3.63) is 35.9 Å². The van der Waals surface area contributed by atoms with Crippen molar-refractivity contribution in [1.82, 2.24) is 4.90 Å². The fraction of sp³-hybridized carbons (Fsp3) is 0.708. The first-order chi connectivity index (χ1) is 12.8. The highest BCUT2D eigenvalue weighted by Gasteiger charge is 2.67. The molecule has 2 bridgehead atoms. The standard InChI is InChI=1S/C24H37NO2/c1-6-15-25(16-7-2)17-19-20-13-14-24(5,23(20,3)4)21(19)27-22(26)18-11-9-8-10-12-18/h8-12,19-21H,6-7,13-17H2,1-5H3. The van der Waals surface area contributed by atoms with Crippen LogP contribution in [0.25, 0.3) is 0 Å². The Hall–Kier alpha value is -1.35. The second kappa shape index (κ2) is 7.95. The molecule has 4 atom stereocenters. The molecule has 0 radical (unpaired) electrons. The zero-order valence-electron chi connectivity index (χ0n) is 17.8.